The smallest absolute Gasteiger partial charge is 0.0716 e. The number of hydrazine groups is 1. The number of hydrogen-bond donors (Lipinski definition) is 2. The van der Waals surface area contributed by atoms with E-state index in [4.69, 9.17) is 10.6 Å². The van der Waals surface area contributed by atoms with E-state index in [1.807, 2.05) is 6.92 Å². The van der Waals surface area contributed by atoms with Crippen LogP contribution in [0.4, 0.5) is 0 Å². The molecule has 3 heteroatoms. The van der Waals surface area contributed by atoms with Crippen LogP contribution in [0.5, 0.6) is 0 Å². The van der Waals surface area contributed by atoms with E-state index in [9.17, 15) is 0 Å². The first-order chi connectivity index (χ1) is 8.08. The molecule has 1 rings (SSSR count). The molecule has 2 atom stereocenters. The second-order valence-corrected chi connectivity index (χ2v) is 4.56. The molecule has 96 valence electrons. The Morgan fingerprint density at radius 2 is 2.00 bits per heavy atom. The highest BCUT2D eigenvalue weighted by Crippen LogP contribution is 2.13. The summed E-state index contributed by atoms with van der Waals surface area (Å²) in [6.45, 7) is 9.03. The van der Waals surface area contributed by atoms with E-state index in [0.29, 0.717) is 6.61 Å². The molecule has 17 heavy (non-hydrogen) atoms. The summed E-state index contributed by atoms with van der Waals surface area (Å²) in [5.41, 5.74) is 6.78. The summed E-state index contributed by atoms with van der Waals surface area (Å²) in [4.78, 5) is 0. The van der Waals surface area contributed by atoms with Gasteiger partial charge >= 0.3 is 0 Å². The molecular weight excluding hydrogens is 212 g/mol. The lowest BCUT2D eigenvalue weighted by Crippen LogP contribution is -2.45. The van der Waals surface area contributed by atoms with Gasteiger partial charge in [0.05, 0.1) is 12.1 Å². The van der Waals surface area contributed by atoms with E-state index < -0.39 is 0 Å². The zero-order valence-electron chi connectivity index (χ0n) is 11.3. The van der Waals surface area contributed by atoms with Crippen LogP contribution in [0.15, 0.2) is 18.2 Å². The molecule has 0 aliphatic heterocycles. The van der Waals surface area contributed by atoms with E-state index in [-0.39, 0.29) is 12.1 Å². The third kappa shape index (κ3) is 4.11. The average molecular weight is 236 g/mol. The van der Waals surface area contributed by atoms with Gasteiger partial charge in [0.25, 0.3) is 0 Å². The van der Waals surface area contributed by atoms with Gasteiger partial charge in [-0.15, -0.1) is 0 Å². The predicted octanol–water partition coefficient (Wildman–Crippen LogP) is 2.10. The maximum absolute atomic E-state index is 5.59. The predicted molar refractivity (Wildman–Crippen MR) is 71.8 cm³/mol. The topological polar surface area (TPSA) is 47.3 Å². The first-order valence-electron chi connectivity index (χ1n) is 6.22. The molecule has 1 aromatic rings. The van der Waals surface area contributed by atoms with Crippen LogP contribution in [0.1, 0.15) is 30.5 Å². The van der Waals surface area contributed by atoms with Gasteiger partial charge < -0.3 is 4.74 Å². The monoisotopic (exact) mass is 236 g/mol. The summed E-state index contributed by atoms with van der Waals surface area (Å²) in [5.74, 6) is 5.59. The van der Waals surface area contributed by atoms with Crippen molar-refractivity contribution in [2.24, 2.45) is 5.84 Å². The van der Waals surface area contributed by atoms with Crippen LogP contribution in [0.2, 0.25) is 0 Å². The van der Waals surface area contributed by atoms with Gasteiger partial charge in [-0.25, -0.2) is 0 Å². The Kier molecular flexibility index (Phi) is 5.62. The van der Waals surface area contributed by atoms with Gasteiger partial charge in [0.15, 0.2) is 0 Å². The fraction of sp³-hybridized carbons (Fsp3) is 0.571. The second kappa shape index (κ2) is 6.74. The number of nitrogens with one attached hydrogen (secondary N) is 1. The number of rotatable bonds is 6. The van der Waals surface area contributed by atoms with Gasteiger partial charge in [-0.1, -0.05) is 18.2 Å². The summed E-state index contributed by atoms with van der Waals surface area (Å²) in [6.07, 6.45) is 1.00. The zero-order chi connectivity index (χ0) is 12.8. The van der Waals surface area contributed by atoms with Crippen molar-refractivity contribution in [3.8, 4) is 0 Å². The standard InChI is InChI=1S/C14H24N2O/c1-5-17-12(4)14(16-15)9-13-7-6-10(2)11(3)8-13/h6-8,12,14,16H,5,9,15H2,1-4H3. The highest BCUT2D eigenvalue weighted by atomic mass is 16.5. The maximum atomic E-state index is 5.59. The lowest BCUT2D eigenvalue weighted by molar-refractivity contribution is 0.0476. The van der Waals surface area contributed by atoms with Crippen LogP contribution in [-0.2, 0) is 11.2 Å². The fourth-order valence-corrected chi connectivity index (χ4v) is 1.92. The third-order valence-corrected chi connectivity index (χ3v) is 3.24. The normalized spacial score (nSPS) is 14.6. The van der Waals surface area contributed by atoms with E-state index >= 15 is 0 Å². The Balaban J connectivity index is 2.70. The van der Waals surface area contributed by atoms with Crippen molar-refractivity contribution < 1.29 is 4.74 Å². The first kappa shape index (κ1) is 14.2. The molecule has 0 radical (unpaired) electrons. The largest absolute Gasteiger partial charge is 0.377 e. The van der Waals surface area contributed by atoms with Crippen molar-refractivity contribution >= 4 is 0 Å². The molecule has 1 aromatic carbocycles. The highest BCUT2D eigenvalue weighted by Gasteiger charge is 2.16. The van der Waals surface area contributed by atoms with Crippen molar-refractivity contribution in [2.75, 3.05) is 6.61 Å². The van der Waals surface area contributed by atoms with Crippen LogP contribution in [-0.4, -0.2) is 18.8 Å². The summed E-state index contributed by atoms with van der Waals surface area (Å²) < 4.78 is 5.58. The molecule has 0 amide bonds. The molecule has 0 spiro atoms. The number of hydrogen-bond acceptors (Lipinski definition) is 3. The van der Waals surface area contributed by atoms with Gasteiger partial charge in [0.2, 0.25) is 0 Å². The molecule has 0 fully saturated rings. The SMILES string of the molecule is CCOC(C)C(Cc1ccc(C)c(C)c1)NN. The molecule has 0 aliphatic carbocycles. The van der Waals surface area contributed by atoms with Gasteiger partial charge in [-0.05, 0) is 50.8 Å². The lowest BCUT2D eigenvalue weighted by Gasteiger charge is -2.23. The summed E-state index contributed by atoms with van der Waals surface area (Å²) in [7, 11) is 0. The summed E-state index contributed by atoms with van der Waals surface area (Å²) >= 11 is 0. The Hall–Kier alpha value is -0.900. The number of nitrogens with two attached hydrogens (primary N) is 1. The third-order valence-electron chi connectivity index (χ3n) is 3.24. The maximum Gasteiger partial charge on any atom is 0.0716 e. The molecule has 0 bridgehead atoms. The molecule has 3 nitrogen and oxygen atoms in total. The Bertz CT molecular complexity index is 352. The van der Waals surface area contributed by atoms with Gasteiger partial charge in [0.1, 0.15) is 0 Å². The van der Waals surface area contributed by atoms with Crippen molar-refractivity contribution in [1.29, 1.82) is 0 Å². The number of aryl methyl sites for hydroxylation is 2. The molecular formula is C14H24N2O. The highest BCUT2D eigenvalue weighted by molar-refractivity contribution is 5.30. The van der Waals surface area contributed by atoms with Crippen LogP contribution >= 0.6 is 0 Å². The van der Waals surface area contributed by atoms with E-state index in [1.54, 1.807) is 0 Å². The average Bonchev–Trinajstić information content (AvgIpc) is 2.30. The molecule has 0 aromatic heterocycles. The molecule has 0 heterocycles. The van der Waals surface area contributed by atoms with E-state index in [2.05, 4.69) is 44.4 Å². The molecule has 0 saturated heterocycles. The number of benzene rings is 1. The Morgan fingerprint density at radius 3 is 2.53 bits per heavy atom. The first-order valence-corrected chi connectivity index (χ1v) is 6.22. The molecule has 0 aliphatic rings. The molecule has 0 saturated carbocycles. The van der Waals surface area contributed by atoms with Crippen LogP contribution in [0.3, 0.4) is 0 Å². The van der Waals surface area contributed by atoms with Crippen molar-refractivity contribution in [3.05, 3.63) is 34.9 Å². The van der Waals surface area contributed by atoms with Crippen LogP contribution < -0.4 is 11.3 Å². The minimum atomic E-state index is 0.117. The molecule has 3 N–H and O–H groups in total. The lowest BCUT2D eigenvalue weighted by atomic mass is 9.99. The Morgan fingerprint density at radius 1 is 1.29 bits per heavy atom. The van der Waals surface area contributed by atoms with Crippen molar-refractivity contribution in [2.45, 2.75) is 46.3 Å². The van der Waals surface area contributed by atoms with Crippen LogP contribution in [0, 0.1) is 13.8 Å². The fourth-order valence-electron chi connectivity index (χ4n) is 1.92. The Labute approximate surface area is 104 Å². The minimum absolute atomic E-state index is 0.117. The second-order valence-electron chi connectivity index (χ2n) is 4.56. The summed E-state index contributed by atoms with van der Waals surface area (Å²) in [5, 5.41) is 0. The van der Waals surface area contributed by atoms with Gasteiger partial charge in [-0.2, -0.15) is 0 Å². The van der Waals surface area contributed by atoms with E-state index in [1.165, 1.54) is 16.7 Å². The summed E-state index contributed by atoms with van der Waals surface area (Å²) in [6, 6.07) is 6.69. The zero-order valence-corrected chi connectivity index (χ0v) is 11.3. The van der Waals surface area contributed by atoms with Crippen LogP contribution in [0.25, 0.3) is 0 Å². The van der Waals surface area contributed by atoms with Gasteiger partial charge in [0, 0.05) is 6.61 Å². The van der Waals surface area contributed by atoms with Crippen molar-refractivity contribution in [3.63, 3.8) is 0 Å². The van der Waals surface area contributed by atoms with Gasteiger partial charge in [-0.3, -0.25) is 11.3 Å². The molecule has 2 unspecified atom stereocenters. The van der Waals surface area contributed by atoms with E-state index in [0.717, 1.165) is 6.42 Å². The van der Waals surface area contributed by atoms with Crippen molar-refractivity contribution in [1.82, 2.24) is 5.43 Å². The quantitative estimate of drug-likeness (QED) is 0.587. The number of ether oxygens (including phenoxy) is 1. The minimum Gasteiger partial charge on any atom is -0.377 e.